The van der Waals surface area contributed by atoms with E-state index in [0.29, 0.717) is 11.5 Å². The van der Waals surface area contributed by atoms with Crippen molar-refractivity contribution in [2.45, 2.75) is 38.2 Å². The fourth-order valence-corrected chi connectivity index (χ4v) is 3.46. The number of amides is 1. The normalized spacial score (nSPS) is 11.9. The highest BCUT2D eigenvalue weighted by molar-refractivity contribution is 7.99. The van der Waals surface area contributed by atoms with Crippen LogP contribution < -0.4 is 14.8 Å². The molecule has 0 spiro atoms. The van der Waals surface area contributed by atoms with Crippen LogP contribution in [0.3, 0.4) is 0 Å². The number of thioether (sulfide) groups is 1. The molecule has 0 radical (unpaired) electrons. The number of nitrogens with one attached hydrogen (secondary N) is 1. The molecule has 1 N–H and O–H groups in total. The van der Waals surface area contributed by atoms with Crippen LogP contribution in [0.5, 0.6) is 11.5 Å². The summed E-state index contributed by atoms with van der Waals surface area (Å²) in [5.74, 6) is 1.12. The number of aryl methyl sites for hydroxylation is 1. The SMILES string of the molecule is COc1cc(CSCC(=O)N[C@@H](C)CCc2ccccc2)ccc1OC(F)F. The van der Waals surface area contributed by atoms with Gasteiger partial charge in [-0.25, -0.2) is 0 Å². The van der Waals surface area contributed by atoms with Crippen LogP contribution in [-0.2, 0) is 17.0 Å². The van der Waals surface area contributed by atoms with E-state index in [1.54, 1.807) is 12.1 Å². The third-order valence-corrected chi connectivity index (χ3v) is 5.07. The second kappa shape index (κ2) is 11.5. The summed E-state index contributed by atoms with van der Waals surface area (Å²) in [4.78, 5) is 12.1. The van der Waals surface area contributed by atoms with Crippen LogP contribution in [0.15, 0.2) is 48.5 Å². The molecule has 0 aliphatic carbocycles. The number of hydrogen-bond donors (Lipinski definition) is 1. The van der Waals surface area contributed by atoms with Gasteiger partial charge in [-0.15, -0.1) is 11.8 Å². The first kappa shape index (κ1) is 22.0. The van der Waals surface area contributed by atoms with Gasteiger partial charge in [0.15, 0.2) is 11.5 Å². The number of carbonyl (C=O) groups is 1. The van der Waals surface area contributed by atoms with Crippen LogP contribution >= 0.6 is 11.8 Å². The lowest BCUT2D eigenvalue weighted by Crippen LogP contribution is -2.34. The second-order valence-electron chi connectivity index (χ2n) is 6.35. The van der Waals surface area contributed by atoms with Gasteiger partial charge in [-0.3, -0.25) is 4.79 Å². The summed E-state index contributed by atoms with van der Waals surface area (Å²) in [6.45, 7) is -0.903. The molecule has 0 aromatic heterocycles. The van der Waals surface area contributed by atoms with E-state index in [9.17, 15) is 13.6 Å². The zero-order chi connectivity index (χ0) is 20.4. The molecule has 0 bridgehead atoms. The Hall–Kier alpha value is -2.28. The van der Waals surface area contributed by atoms with Gasteiger partial charge >= 0.3 is 6.61 Å². The first-order chi connectivity index (χ1) is 13.5. The van der Waals surface area contributed by atoms with Crippen molar-refractivity contribution in [2.75, 3.05) is 12.9 Å². The summed E-state index contributed by atoms with van der Waals surface area (Å²) in [7, 11) is 1.40. The predicted octanol–water partition coefficient (Wildman–Crippen LogP) is 4.67. The van der Waals surface area contributed by atoms with Gasteiger partial charge in [-0.1, -0.05) is 36.4 Å². The Bertz CT molecular complexity index is 744. The molecule has 2 rings (SSSR count). The number of benzene rings is 2. The van der Waals surface area contributed by atoms with Gasteiger partial charge in [-0.2, -0.15) is 8.78 Å². The Balaban J connectivity index is 1.72. The number of carbonyl (C=O) groups excluding carboxylic acids is 1. The first-order valence-corrected chi connectivity index (χ1v) is 10.2. The third-order valence-electron chi connectivity index (χ3n) is 4.06. The van der Waals surface area contributed by atoms with Crippen molar-refractivity contribution in [3.8, 4) is 11.5 Å². The van der Waals surface area contributed by atoms with Crippen LogP contribution in [0.2, 0.25) is 0 Å². The molecular weight excluding hydrogens is 384 g/mol. The van der Waals surface area contributed by atoms with E-state index in [1.165, 1.54) is 30.5 Å². The van der Waals surface area contributed by atoms with E-state index in [0.717, 1.165) is 18.4 Å². The molecule has 0 saturated carbocycles. The lowest BCUT2D eigenvalue weighted by Gasteiger charge is -2.14. The van der Waals surface area contributed by atoms with Gasteiger partial charge in [0.25, 0.3) is 0 Å². The topological polar surface area (TPSA) is 47.6 Å². The van der Waals surface area contributed by atoms with Crippen molar-refractivity contribution >= 4 is 17.7 Å². The Kier molecular flexibility index (Phi) is 9.07. The van der Waals surface area contributed by atoms with E-state index in [-0.39, 0.29) is 23.4 Å². The summed E-state index contributed by atoms with van der Waals surface area (Å²) in [6, 6.07) is 15.0. The van der Waals surface area contributed by atoms with Gasteiger partial charge in [0, 0.05) is 11.8 Å². The molecule has 0 saturated heterocycles. The van der Waals surface area contributed by atoms with Crippen LogP contribution in [0.1, 0.15) is 24.5 Å². The fraction of sp³-hybridized carbons (Fsp3) is 0.381. The molecule has 2 aromatic carbocycles. The van der Waals surface area contributed by atoms with E-state index in [4.69, 9.17) is 4.74 Å². The van der Waals surface area contributed by atoms with Crippen molar-refractivity contribution in [1.82, 2.24) is 5.32 Å². The Morgan fingerprint density at radius 3 is 2.54 bits per heavy atom. The molecule has 1 amide bonds. The Morgan fingerprint density at radius 1 is 1.11 bits per heavy atom. The Labute approximate surface area is 168 Å². The summed E-state index contributed by atoms with van der Waals surface area (Å²) < 4.78 is 34.2. The lowest BCUT2D eigenvalue weighted by molar-refractivity contribution is -0.119. The van der Waals surface area contributed by atoms with Crippen LogP contribution in [0.4, 0.5) is 8.78 Å². The number of ether oxygens (including phenoxy) is 2. The summed E-state index contributed by atoms with van der Waals surface area (Å²) >= 11 is 1.45. The van der Waals surface area contributed by atoms with Crippen molar-refractivity contribution < 1.29 is 23.0 Å². The molecule has 7 heteroatoms. The lowest BCUT2D eigenvalue weighted by atomic mass is 10.1. The van der Waals surface area contributed by atoms with E-state index >= 15 is 0 Å². The highest BCUT2D eigenvalue weighted by Crippen LogP contribution is 2.30. The summed E-state index contributed by atoms with van der Waals surface area (Å²) in [6.07, 6.45) is 1.80. The Morgan fingerprint density at radius 2 is 1.86 bits per heavy atom. The van der Waals surface area contributed by atoms with Gasteiger partial charge < -0.3 is 14.8 Å². The maximum Gasteiger partial charge on any atom is 0.387 e. The van der Waals surface area contributed by atoms with Crippen molar-refractivity contribution in [3.05, 3.63) is 59.7 Å². The molecule has 1 atom stereocenters. The number of hydrogen-bond acceptors (Lipinski definition) is 4. The monoisotopic (exact) mass is 409 g/mol. The van der Waals surface area contributed by atoms with E-state index in [1.807, 2.05) is 25.1 Å². The smallest absolute Gasteiger partial charge is 0.387 e. The minimum Gasteiger partial charge on any atom is -0.493 e. The van der Waals surface area contributed by atoms with E-state index in [2.05, 4.69) is 22.2 Å². The number of halogens is 2. The molecule has 4 nitrogen and oxygen atoms in total. The third kappa shape index (κ3) is 7.76. The van der Waals surface area contributed by atoms with Crippen LogP contribution in [0.25, 0.3) is 0 Å². The van der Waals surface area contributed by atoms with Gasteiger partial charge in [-0.05, 0) is 43.0 Å². The number of methoxy groups -OCH3 is 1. The molecule has 0 aliphatic heterocycles. The maximum absolute atomic E-state index is 12.4. The number of rotatable bonds is 11. The molecule has 28 heavy (non-hydrogen) atoms. The molecule has 0 aliphatic rings. The zero-order valence-electron chi connectivity index (χ0n) is 16.0. The first-order valence-electron chi connectivity index (χ1n) is 9.00. The summed E-state index contributed by atoms with van der Waals surface area (Å²) in [5.41, 5.74) is 2.12. The van der Waals surface area contributed by atoms with Crippen LogP contribution in [-0.4, -0.2) is 31.4 Å². The predicted molar refractivity (Wildman–Crippen MR) is 108 cm³/mol. The minimum atomic E-state index is -2.90. The highest BCUT2D eigenvalue weighted by Gasteiger charge is 2.12. The fourth-order valence-electron chi connectivity index (χ4n) is 2.67. The van der Waals surface area contributed by atoms with E-state index < -0.39 is 6.61 Å². The minimum absolute atomic E-state index is 0.00349. The molecule has 0 fully saturated rings. The average Bonchev–Trinajstić information content (AvgIpc) is 2.68. The second-order valence-corrected chi connectivity index (χ2v) is 7.33. The van der Waals surface area contributed by atoms with Crippen molar-refractivity contribution in [3.63, 3.8) is 0 Å². The molecule has 0 unspecified atom stereocenters. The maximum atomic E-state index is 12.4. The number of alkyl halides is 2. The largest absolute Gasteiger partial charge is 0.493 e. The van der Waals surface area contributed by atoms with Crippen LogP contribution in [0, 0.1) is 0 Å². The van der Waals surface area contributed by atoms with Crippen molar-refractivity contribution in [1.29, 1.82) is 0 Å². The van der Waals surface area contributed by atoms with Gasteiger partial charge in [0.05, 0.1) is 12.9 Å². The van der Waals surface area contributed by atoms with Crippen molar-refractivity contribution in [2.24, 2.45) is 0 Å². The molecular formula is C21H25F2NO3S. The molecule has 152 valence electrons. The standard InChI is InChI=1S/C21H25F2NO3S/c1-15(8-9-16-6-4-3-5-7-16)24-20(25)14-28-13-17-10-11-18(27-21(22)23)19(12-17)26-2/h3-7,10-12,15,21H,8-9,13-14H2,1-2H3,(H,24,25)/t15-/m0/s1. The summed E-state index contributed by atoms with van der Waals surface area (Å²) in [5, 5.41) is 3.00. The molecule has 2 aromatic rings. The molecule has 0 heterocycles. The van der Waals surface area contributed by atoms with Gasteiger partial charge in [0.1, 0.15) is 0 Å². The average molecular weight is 409 g/mol. The highest BCUT2D eigenvalue weighted by atomic mass is 32.2. The zero-order valence-corrected chi connectivity index (χ0v) is 16.8. The quantitative estimate of drug-likeness (QED) is 0.586. The van der Waals surface area contributed by atoms with Gasteiger partial charge in [0.2, 0.25) is 5.91 Å².